The summed E-state index contributed by atoms with van der Waals surface area (Å²) in [7, 11) is -5.17. The molecular formula is C14H32CuN2O8S. The summed E-state index contributed by atoms with van der Waals surface area (Å²) < 4.78 is 34.1. The largest absolute Gasteiger partial charge is 2.00 e. The summed E-state index contributed by atoms with van der Waals surface area (Å²) >= 11 is 0. The summed E-state index contributed by atoms with van der Waals surface area (Å²) in [5, 5.41) is 37.9. The summed E-state index contributed by atoms with van der Waals surface area (Å²) in [5.74, 6) is 0. The first-order valence-electron chi connectivity index (χ1n) is 8.04. The molecule has 0 bridgehead atoms. The van der Waals surface area contributed by atoms with Crippen molar-refractivity contribution >= 4 is 10.4 Å². The van der Waals surface area contributed by atoms with Crippen molar-refractivity contribution in [2.24, 2.45) is 0 Å². The van der Waals surface area contributed by atoms with Crippen molar-refractivity contribution < 1.29 is 55.0 Å². The van der Waals surface area contributed by atoms with Gasteiger partial charge in [-0.2, -0.15) is 0 Å². The molecule has 0 aliphatic heterocycles. The van der Waals surface area contributed by atoms with Crippen molar-refractivity contribution in [2.45, 2.75) is 52.1 Å². The predicted molar refractivity (Wildman–Crippen MR) is 90.1 cm³/mol. The van der Waals surface area contributed by atoms with Crippen molar-refractivity contribution in [1.29, 1.82) is 0 Å². The summed E-state index contributed by atoms with van der Waals surface area (Å²) in [6.07, 6.45) is -1.79. The van der Waals surface area contributed by atoms with Crippen LogP contribution in [0.3, 0.4) is 0 Å². The van der Waals surface area contributed by atoms with E-state index in [2.05, 4.69) is 0 Å². The van der Waals surface area contributed by atoms with E-state index in [9.17, 15) is 20.4 Å². The molecule has 0 aromatic rings. The van der Waals surface area contributed by atoms with E-state index in [1.165, 1.54) is 0 Å². The topological polar surface area (TPSA) is 168 Å². The molecule has 4 atom stereocenters. The van der Waals surface area contributed by atoms with E-state index in [0.717, 1.165) is 0 Å². The van der Waals surface area contributed by atoms with Crippen LogP contribution < -0.4 is 0 Å². The van der Waals surface area contributed by atoms with Crippen LogP contribution >= 0.6 is 0 Å². The van der Waals surface area contributed by atoms with Crippen molar-refractivity contribution in [1.82, 2.24) is 9.80 Å². The predicted octanol–water partition coefficient (Wildman–Crippen LogP) is -2.23. The van der Waals surface area contributed by atoms with E-state index in [1.54, 1.807) is 27.7 Å². The Bertz CT molecular complexity index is 369. The number of rotatable bonds is 11. The van der Waals surface area contributed by atoms with E-state index < -0.39 is 34.8 Å². The molecule has 4 N–H and O–H groups in total. The normalized spacial score (nSPS) is 16.3. The van der Waals surface area contributed by atoms with Gasteiger partial charge in [-0.1, -0.05) is 0 Å². The van der Waals surface area contributed by atoms with Crippen LogP contribution in [-0.4, -0.2) is 111 Å². The third-order valence-corrected chi connectivity index (χ3v) is 2.82. The summed E-state index contributed by atoms with van der Waals surface area (Å²) in [4.78, 5) is 3.98. The molecule has 0 amide bonds. The Balaban J connectivity index is -0.000000772. The van der Waals surface area contributed by atoms with Gasteiger partial charge in [-0.3, -0.25) is 18.2 Å². The van der Waals surface area contributed by atoms with Gasteiger partial charge in [0.2, 0.25) is 0 Å². The van der Waals surface area contributed by atoms with Gasteiger partial charge in [-0.15, -0.1) is 0 Å². The fourth-order valence-electron chi connectivity index (χ4n) is 2.29. The Kier molecular flexibility index (Phi) is 19.2. The van der Waals surface area contributed by atoms with Crippen molar-refractivity contribution in [3.8, 4) is 0 Å². The van der Waals surface area contributed by atoms with Gasteiger partial charge in [0.1, 0.15) is 0 Å². The van der Waals surface area contributed by atoms with Crippen molar-refractivity contribution in [3.63, 3.8) is 0 Å². The Morgan fingerprint density at radius 1 is 0.692 bits per heavy atom. The molecule has 0 saturated heterocycles. The number of nitrogens with zero attached hydrogens (tertiary/aromatic N) is 2. The van der Waals surface area contributed by atoms with Gasteiger partial charge in [-0.25, -0.2) is 0 Å². The van der Waals surface area contributed by atoms with Gasteiger partial charge in [0.15, 0.2) is 0 Å². The first kappa shape index (κ1) is 30.9. The van der Waals surface area contributed by atoms with Gasteiger partial charge in [-0.05, 0) is 27.7 Å². The molecule has 26 heavy (non-hydrogen) atoms. The molecule has 12 heteroatoms. The van der Waals surface area contributed by atoms with Gasteiger partial charge < -0.3 is 29.5 Å². The monoisotopic (exact) mass is 451 g/mol. The smallest absolute Gasteiger partial charge is 0.759 e. The molecule has 0 aliphatic rings. The third kappa shape index (κ3) is 28.9. The number of aliphatic hydroxyl groups excluding tert-OH is 4. The minimum Gasteiger partial charge on any atom is -0.759 e. The zero-order chi connectivity index (χ0) is 20.2. The van der Waals surface area contributed by atoms with E-state index in [4.69, 9.17) is 17.5 Å². The zero-order valence-corrected chi connectivity index (χ0v) is 17.3. The fourth-order valence-corrected chi connectivity index (χ4v) is 2.29. The van der Waals surface area contributed by atoms with Crippen LogP contribution in [0.15, 0.2) is 0 Å². The van der Waals surface area contributed by atoms with E-state index in [0.29, 0.717) is 39.3 Å². The Morgan fingerprint density at radius 2 is 0.846 bits per heavy atom. The van der Waals surface area contributed by atoms with Crippen molar-refractivity contribution in [3.05, 3.63) is 0 Å². The average Bonchev–Trinajstić information content (AvgIpc) is 2.30. The van der Waals surface area contributed by atoms with Crippen LogP contribution in [0.1, 0.15) is 27.7 Å². The minimum atomic E-state index is -5.17. The van der Waals surface area contributed by atoms with E-state index in [1.807, 2.05) is 9.80 Å². The summed E-state index contributed by atoms with van der Waals surface area (Å²) in [5.41, 5.74) is 0. The first-order chi connectivity index (χ1) is 11.2. The van der Waals surface area contributed by atoms with Crippen LogP contribution in [0.2, 0.25) is 0 Å². The molecule has 0 aromatic carbocycles. The third-order valence-electron chi connectivity index (χ3n) is 2.82. The molecule has 0 saturated carbocycles. The second-order valence-corrected chi connectivity index (χ2v) is 7.14. The molecule has 163 valence electrons. The Morgan fingerprint density at radius 3 is 0.962 bits per heavy atom. The van der Waals surface area contributed by atoms with Crippen LogP contribution in [0.25, 0.3) is 0 Å². The second kappa shape index (κ2) is 16.1. The quantitative estimate of drug-likeness (QED) is 0.153. The first-order valence-corrected chi connectivity index (χ1v) is 9.37. The number of hydrogen-bond acceptors (Lipinski definition) is 10. The summed E-state index contributed by atoms with van der Waals surface area (Å²) in [6, 6.07) is 0. The standard InChI is InChI=1S/C14H32N2O4.Cu.H2O4S/c1-11(17)7-15(8-12(2)18)5-6-16(9-13(3)19)10-14(4)20;;1-5(2,3)4/h11-14,17-20H,5-10H2,1-4H3;;(H2,1,2,3,4)/q;+2;/p-2. The SMILES string of the molecule is CC(O)CN(CCN(CC(C)O)CC(C)O)CC(C)O.O=S(=O)([O-])[O-].[Cu+2]. The molecule has 1 radical (unpaired) electrons. The average molecular weight is 452 g/mol. The van der Waals surface area contributed by atoms with Crippen molar-refractivity contribution in [2.75, 3.05) is 39.3 Å². The summed E-state index contributed by atoms with van der Waals surface area (Å²) in [6.45, 7) is 10.2. The number of aliphatic hydroxyl groups is 4. The molecule has 0 aromatic heterocycles. The van der Waals surface area contributed by atoms with E-state index >= 15 is 0 Å². The molecule has 4 unspecified atom stereocenters. The molecule has 0 spiro atoms. The van der Waals surface area contributed by atoms with Gasteiger partial charge >= 0.3 is 17.1 Å². The van der Waals surface area contributed by atoms with Crippen LogP contribution in [0.5, 0.6) is 0 Å². The molecule has 0 fully saturated rings. The van der Waals surface area contributed by atoms with Crippen LogP contribution in [-0.2, 0) is 27.5 Å². The number of hydrogen-bond donors (Lipinski definition) is 4. The Hall–Kier alpha value is 0.149. The van der Waals surface area contributed by atoms with Gasteiger partial charge in [0.05, 0.1) is 24.4 Å². The fraction of sp³-hybridized carbons (Fsp3) is 1.00. The zero-order valence-electron chi connectivity index (χ0n) is 15.6. The minimum absolute atomic E-state index is 0. The van der Waals surface area contributed by atoms with E-state index in [-0.39, 0.29) is 17.1 Å². The van der Waals surface area contributed by atoms with Crippen LogP contribution in [0, 0.1) is 0 Å². The molecule has 0 rings (SSSR count). The maximum Gasteiger partial charge on any atom is 2.00 e. The molecule has 0 aliphatic carbocycles. The van der Waals surface area contributed by atoms with Gasteiger partial charge in [0, 0.05) is 49.7 Å². The molecular weight excluding hydrogens is 420 g/mol. The maximum atomic E-state index is 9.47. The second-order valence-electron chi connectivity index (χ2n) is 6.32. The molecule has 10 nitrogen and oxygen atoms in total. The van der Waals surface area contributed by atoms with Gasteiger partial charge in [0.25, 0.3) is 0 Å². The molecule has 0 heterocycles. The van der Waals surface area contributed by atoms with Crippen LogP contribution in [0.4, 0.5) is 0 Å². The maximum absolute atomic E-state index is 9.47. The Labute approximate surface area is 166 Å².